The van der Waals surface area contributed by atoms with Crippen molar-refractivity contribution in [3.8, 4) is 0 Å². The van der Waals surface area contributed by atoms with E-state index >= 15 is 0 Å². The van der Waals surface area contributed by atoms with Gasteiger partial charge in [0.1, 0.15) is 0 Å². The summed E-state index contributed by atoms with van der Waals surface area (Å²) in [6.45, 7) is 6.53. The van der Waals surface area contributed by atoms with Gasteiger partial charge in [-0.3, -0.25) is 9.59 Å². The molecule has 1 aromatic carbocycles. The van der Waals surface area contributed by atoms with Crippen LogP contribution in [0.5, 0.6) is 0 Å². The molecule has 1 fully saturated rings. The van der Waals surface area contributed by atoms with E-state index in [1.165, 1.54) is 18.2 Å². The molecular formula is C17H25N3O4S. The topological polar surface area (TPSA) is 86.8 Å². The van der Waals surface area contributed by atoms with Crippen LogP contribution >= 0.6 is 0 Å². The molecule has 138 valence electrons. The molecule has 25 heavy (non-hydrogen) atoms. The van der Waals surface area contributed by atoms with Gasteiger partial charge in [-0.2, -0.15) is 0 Å². The maximum Gasteiger partial charge on any atom is 0.251 e. The second-order valence-electron chi connectivity index (χ2n) is 6.12. The fourth-order valence-corrected chi connectivity index (χ4v) is 3.39. The third-order valence-electron chi connectivity index (χ3n) is 4.32. The van der Waals surface area contributed by atoms with Crippen molar-refractivity contribution in [2.45, 2.75) is 18.2 Å². The van der Waals surface area contributed by atoms with Crippen molar-refractivity contribution < 1.29 is 18.0 Å². The largest absolute Gasteiger partial charge is 0.352 e. The summed E-state index contributed by atoms with van der Waals surface area (Å²) in [5.74, 6) is -0.352. The lowest BCUT2D eigenvalue weighted by molar-refractivity contribution is -0.132. The van der Waals surface area contributed by atoms with E-state index in [1.54, 1.807) is 6.07 Å². The molecule has 0 atom stereocenters. The number of nitrogens with zero attached hydrogens (tertiary/aromatic N) is 2. The first-order valence-electron chi connectivity index (χ1n) is 8.39. The fourth-order valence-electron chi connectivity index (χ4n) is 2.72. The molecule has 8 heteroatoms. The lowest BCUT2D eigenvalue weighted by Gasteiger charge is -2.34. The molecular weight excluding hydrogens is 342 g/mol. The van der Waals surface area contributed by atoms with Gasteiger partial charge in [0.2, 0.25) is 5.91 Å². The average molecular weight is 367 g/mol. The predicted molar refractivity (Wildman–Crippen MR) is 95.2 cm³/mol. The van der Waals surface area contributed by atoms with Crippen molar-refractivity contribution in [2.24, 2.45) is 0 Å². The number of hydrogen-bond donors (Lipinski definition) is 1. The van der Waals surface area contributed by atoms with Crippen LogP contribution in [0.1, 0.15) is 23.7 Å². The summed E-state index contributed by atoms with van der Waals surface area (Å²) in [4.78, 5) is 28.5. The van der Waals surface area contributed by atoms with Gasteiger partial charge in [0.25, 0.3) is 5.91 Å². The van der Waals surface area contributed by atoms with Crippen LogP contribution < -0.4 is 5.32 Å². The summed E-state index contributed by atoms with van der Waals surface area (Å²) in [5, 5.41) is 2.68. The number of amides is 2. The summed E-state index contributed by atoms with van der Waals surface area (Å²) in [6, 6.07) is 5.88. The Labute approximate surface area is 148 Å². The van der Waals surface area contributed by atoms with E-state index in [0.29, 0.717) is 0 Å². The molecule has 1 heterocycles. The Hall–Kier alpha value is -1.93. The maximum atomic E-state index is 12.2. The molecule has 1 aliphatic heterocycles. The first kappa shape index (κ1) is 19.4. The summed E-state index contributed by atoms with van der Waals surface area (Å²) in [5.41, 5.74) is 0.270. The van der Waals surface area contributed by atoms with E-state index in [0.717, 1.165) is 39.0 Å². The molecule has 2 amide bonds. The van der Waals surface area contributed by atoms with Gasteiger partial charge in [-0.05, 0) is 24.7 Å². The third-order valence-corrected chi connectivity index (χ3v) is 5.43. The SMILES string of the molecule is CCN1CCN(C(=O)CCNC(=O)c2cccc(S(C)(=O)=O)c2)CC1. The smallest absolute Gasteiger partial charge is 0.251 e. The predicted octanol–water partition coefficient (Wildman–Crippen LogP) is 0.374. The van der Waals surface area contributed by atoms with Crippen LogP contribution in [-0.2, 0) is 14.6 Å². The minimum absolute atomic E-state index is 0.0286. The van der Waals surface area contributed by atoms with Gasteiger partial charge in [0.05, 0.1) is 4.90 Å². The van der Waals surface area contributed by atoms with E-state index in [-0.39, 0.29) is 35.2 Å². The molecule has 0 aromatic heterocycles. The fraction of sp³-hybridized carbons (Fsp3) is 0.529. The molecule has 0 radical (unpaired) electrons. The Morgan fingerprint density at radius 2 is 1.84 bits per heavy atom. The zero-order valence-corrected chi connectivity index (χ0v) is 15.5. The van der Waals surface area contributed by atoms with Crippen LogP contribution in [0.3, 0.4) is 0 Å². The van der Waals surface area contributed by atoms with E-state index in [1.807, 2.05) is 4.90 Å². The number of sulfone groups is 1. The Morgan fingerprint density at radius 1 is 1.16 bits per heavy atom. The minimum atomic E-state index is -3.36. The summed E-state index contributed by atoms with van der Waals surface area (Å²) >= 11 is 0. The van der Waals surface area contributed by atoms with Crippen LogP contribution in [0.15, 0.2) is 29.2 Å². The molecule has 0 saturated carbocycles. The normalized spacial score (nSPS) is 15.8. The van der Waals surface area contributed by atoms with Gasteiger partial charge in [-0.15, -0.1) is 0 Å². The molecule has 1 N–H and O–H groups in total. The van der Waals surface area contributed by atoms with Crippen molar-refractivity contribution >= 4 is 21.7 Å². The van der Waals surface area contributed by atoms with Crippen LogP contribution in [0.2, 0.25) is 0 Å². The Kier molecular flexibility index (Phi) is 6.55. The number of nitrogens with one attached hydrogen (secondary N) is 1. The van der Waals surface area contributed by atoms with E-state index in [4.69, 9.17) is 0 Å². The van der Waals surface area contributed by atoms with Crippen molar-refractivity contribution in [3.63, 3.8) is 0 Å². The highest BCUT2D eigenvalue weighted by Crippen LogP contribution is 2.11. The second-order valence-corrected chi connectivity index (χ2v) is 8.14. The average Bonchev–Trinajstić information content (AvgIpc) is 2.61. The van der Waals surface area contributed by atoms with Crippen LogP contribution in [-0.4, -0.2) is 75.6 Å². The van der Waals surface area contributed by atoms with Crippen LogP contribution in [0.4, 0.5) is 0 Å². The van der Waals surface area contributed by atoms with Crippen molar-refractivity contribution in [3.05, 3.63) is 29.8 Å². The second kappa shape index (κ2) is 8.44. The third kappa shape index (κ3) is 5.54. The number of carbonyl (C=O) groups is 2. The first-order chi connectivity index (χ1) is 11.8. The molecule has 1 aliphatic rings. The number of likely N-dealkylation sites (N-methyl/N-ethyl adjacent to an activating group) is 1. The number of rotatable bonds is 6. The van der Waals surface area contributed by atoms with E-state index < -0.39 is 9.84 Å². The summed E-state index contributed by atoms with van der Waals surface area (Å²) in [7, 11) is -3.36. The Morgan fingerprint density at radius 3 is 2.44 bits per heavy atom. The van der Waals surface area contributed by atoms with E-state index in [9.17, 15) is 18.0 Å². The zero-order valence-electron chi connectivity index (χ0n) is 14.7. The molecule has 1 saturated heterocycles. The highest BCUT2D eigenvalue weighted by Gasteiger charge is 2.20. The highest BCUT2D eigenvalue weighted by molar-refractivity contribution is 7.90. The molecule has 1 aromatic rings. The van der Waals surface area contributed by atoms with Gasteiger partial charge in [0.15, 0.2) is 9.84 Å². The number of hydrogen-bond acceptors (Lipinski definition) is 5. The number of piperazine rings is 1. The minimum Gasteiger partial charge on any atom is -0.352 e. The van der Waals surface area contributed by atoms with Gasteiger partial charge in [0, 0.05) is 51.0 Å². The number of benzene rings is 1. The highest BCUT2D eigenvalue weighted by atomic mass is 32.2. The zero-order chi connectivity index (χ0) is 18.4. The van der Waals surface area contributed by atoms with Gasteiger partial charge >= 0.3 is 0 Å². The lowest BCUT2D eigenvalue weighted by Crippen LogP contribution is -2.49. The summed E-state index contributed by atoms with van der Waals surface area (Å²) in [6.07, 6.45) is 1.34. The van der Waals surface area contributed by atoms with Crippen molar-refractivity contribution in [1.82, 2.24) is 15.1 Å². The van der Waals surface area contributed by atoms with E-state index in [2.05, 4.69) is 17.1 Å². The lowest BCUT2D eigenvalue weighted by atomic mass is 10.2. The maximum absolute atomic E-state index is 12.2. The standard InChI is InChI=1S/C17H25N3O4S/c1-3-19-9-11-20(12-10-19)16(21)7-8-18-17(22)14-5-4-6-15(13-14)25(2,23)24/h4-6,13H,3,7-12H2,1-2H3,(H,18,22). The van der Waals surface area contributed by atoms with Gasteiger partial charge in [-0.25, -0.2) is 8.42 Å². The van der Waals surface area contributed by atoms with Crippen LogP contribution in [0.25, 0.3) is 0 Å². The van der Waals surface area contributed by atoms with Gasteiger partial charge < -0.3 is 15.1 Å². The van der Waals surface area contributed by atoms with Gasteiger partial charge in [-0.1, -0.05) is 13.0 Å². The monoisotopic (exact) mass is 367 g/mol. The summed E-state index contributed by atoms with van der Waals surface area (Å²) < 4.78 is 23.1. The van der Waals surface area contributed by atoms with Crippen molar-refractivity contribution in [1.29, 1.82) is 0 Å². The quantitative estimate of drug-likeness (QED) is 0.785. The molecule has 2 rings (SSSR count). The Balaban J connectivity index is 1.82. The molecule has 0 bridgehead atoms. The molecule has 0 aliphatic carbocycles. The van der Waals surface area contributed by atoms with Crippen LogP contribution in [0, 0.1) is 0 Å². The molecule has 0 unspecified atom stereocenters. The molecule has 0 spiro atoms. The van der Waals surface area contributed by atoms with Crippen molar-refractivity contribution in [2.75, 3.05) is 45.5 Å². The Bertz CT molecular complexity index is 725. The first-order valence-corrected chi connectivity index (χ1v) is 10.3. The number of carbonyl (C=O) groups excluding carboxylic acids is 2. The molecule has 7 nitrogen and oxygen atoms in total.